The fourth-order valence-electron chi connectivity index (χ4n) is 19.1. The number of carboxylic acids is 4. The van der Waals surface area contributed by atoms with Crippen molar-refractivity contribution in [3.05, 3.63) is 344 Å². The van der Waals surface area contributed by atoms with Crippen molar-refractivity contribution in [1.29, 1.82) is 0 Å². The molecule has 0 radical (unpaired) electrons. The number of aliphatic carboxylic acids is 4. The Labute approximate surface area is 771 Å². The lowest BCUT2D eigenvalue weighted by Crippen LogP contribution is -2.06. The number of aromatic hydroxyl groups is 5. The summed E-state index contributed by atoms with van der Waals surface area (Å²) in [6, 6.07) is 69.3. The third-order valence-electron chi connectivity index (χ3n) is 25.7. The molecule has 4 fully saturated rings. The van der Waals surface area contributed by atoms with Crippen LogP contribution in [-0.2, 0) is 19.2 Å². The molecule has 4 aliphatic rings. The number of hydrogen-bond donors (Lipinski definition) is 9. The van der Waals surface area contributed by atoms with Crippen molar-refractivity contribution in [2.24, 2.45) is 23.7 Å². The molecule has 21 heteroatoms. The van der Waals surface area contributed by atoms with E-state index in [1.807, 2.05) is 233 Å². The summed E-state index contributed by atoms with van der Waals surface area (Å²) < 4.78 is 3.37. The standard InChI is InChI=1S/2C28H24O4S.C27H22O5S.C27H22O4S/c2*1-14-10-15(2)24(16(3)11-14)26(30)27-25(20-9-8-19(29)12-23(20)33-27)18-6-4-17(5-7-18)21-13-22(21)28(31)32;1-13-9-18(29)10-14(2)23(13)25(30)26-24(19-8-7-17(28)11-22(19)33-26)16-5-3-15(4-6-16)20-12-21(20)27(31)32;1-14-4-3-5-15(2)23(14)25(29)26-24(19-11-10-18(28)12-22(19)32-26)17-8-6-16(7-9-17)20-13-21(20)27(30)31/h2*4-12,21-22,29H,13H2,1-3H3,(H,31,32);3-11,20-21,28-29H,12H2,1-2H3,(H,31,32);3-12,20-21,28H,13H2,1-2H3,(H,30,31). The number of phenolic OH excluding ortho intramolecular Hbond substituents is 5. The Hall–Kier alpha value is -14.0. The van der Waals surface area contributed by atoms with Crippen LogP contribution in [0.5, 0.6) is 28.7 Å². The highest BCUT2D eigenvalue weighted by atomic mass is 32.1. The fraction of sp³-hybridized carbons (Fsp3) is 0.200. The average Bonchev–Trinajstić information content (AvgIpc) is 1.61. The van der Waals surface area contributed by atoms with Crippen molar-refractivity contribution in [3.63, 3.8) is 0 Å². The Bertz CT molecular complexity index is 6810. The summed E-state index contributed by atoms with van der Waals surface area (Å²) in [5.74, 6) is -3.42. The molecule has 0 saturated heterocycles. The smallest absolute Gasteiger partial charge is 0.307 e. The van der Waals surface area contributed by atoms with Gasteiger partial charge in [0.1, 0.15) is 28.7 Å². The highest BCUT2D eigenvalue weighted by molar-refractivity contribution is 7.23. The van der Waals surface area contributed by atoms with Crippen LogP contribution >= 0.6 is 45.3 Å². The van der Waals surface area contributed by atoms with Gasteiger partial charge in [-0.15, -0.1) is 45.3 Å². The Morgan fingerprint density at radius 1 is 0.244 bits per heavy atom. The summed E-state index contributed by atoms with van der Waals surface area (Å²) in [6.45, 7) is 19.4. The molecule has 0 spiro atoms. The Kier molecular flexibility index (Phi) is 24.1. The maximum atomic E-state index is 13.8. The van der Waals surface area contributed by atoms with Gasteiger partial charge in [0.2, 0.25) is 23.1 Å². The first-order chi connectivity index (χ1) is 62.6. The highest BCUT2D eigenvalue weighted by Gasteiger charge is 2.47. The molecule has 4 heterocycles. The number of carboxylic acid groups (broad SMARTS) is 4. The Morgan fingerprint density at radius 3 is 0.656 bits per heavy atom. The first kappa shape index (κ1) is 89.0. The van der Waals surface area contributed by atoms with Crippen LogP contribution < -0.4 is 0 Å². The molecule has 4 aliphatic carbocycles. The van der Waals surface area contributed by atoms with Crippen LogP contribution in [0.15, 0.2) is 224 Å². The SMILES string of the molecule is Cc1cc(C)c(C(=O)c2sc3cc(O)ccc3c2-c2ccc(C3CC3C(=O)O)cc2)c(C)c1.Cc1cc(C)c(C(=O)c2sc3cc(O)ccc3c2-c2ccc(C3CC3C(=O)O)cc2)c(C)c1.Cc1cc(O)cc(C)c1C(=O)c1sc2cc(O)ccc2c1-c1ccc(C2CC2C(=O)O)cc1.Cc1cccc(C)c1C(=O)c1sc2cc(O)ccc2c1-c1ccc(C2CC2C(=O)O)cc1. The second-order valence-electron chi connectivity index (χ2n) is 35.2. The normalized spacial score (nSPS) is 17.3. The van der Waals surface area contributed by atoms with E-state index in [1.54, 1.807) is 60.7 Å². The quantitative estimate of drug-likeness (QED) is 0.0320. The molecule has 4 saturated carbocycles. The van der Waals surface area contributed by atoms with Crippen LogP contribution in [0.3, 0.4) is 0 Å². The summed E-state index contributed by atoms with van der Waals surface area (Å²) in [7, 11) is 0. The number of ketones is 4. The van der Waals surface area contributed by atoms with Gasteiger partial charge in [0.25, 0.3) is 0 Å². The first-order valence-corrected chi connectivity index (χ1v) is 46.4. The van der Waals surface area contributed by atoms with Crippen LogP contribution in [0.1, 0.15) is 188 Å². The lowest BCUT2D eigenvalue weighted by molar-refractivity contribution is -0.139. The molecular formula is C110H92O17S4. The van der Waals surface area contributed by atoms with E-state index in [-0.39, 0.29) is 99.2 Å². The van der Waals surface area contributed by atoms with Crippen LogP contribution in [0.4, 0.5) is 0 Å². The van der Waals surface area contributed by atoms with Gasteiger partial charge < -0.3 is 46.0 Å². The van der Waals surface area contributed by atoms with Crippen molar-refractivity contribution in [2.45, 2.75) is 119 Å². The number of thiophene rings is 4. The van der Waals surface area contributed by atoms with Crippen LogP contribution in [0.2, 0.25) is 0 Å². The second kappa shape index (κ2) is 35.5. The molecule has 0 aliphatic heterocycles. The van der Waals surface area contributed by atoms with Gasteiger partial charge in [-0.1, -0.05) is 151 Å². The van der Waals surface area contributed by atoms with Crippen molar-refractivity contribution in [3.8, 4) is 73.3 Å². The maximum absolute atomic E-state index is 13.8. The second-order valence-corrected chi connectivity index (χ2v) is 39.4. The van der Waals surface area contributed by atoms with Crippen molar-refractivity contribution < 1.29 is 84.3 Å². The molecule has 8 unspecified atom stereocenters. The molecule has 9 N–H and O–H groups in total. The van der Waals surface area contributed by atoms with Gasteiger partial charge in [0, 0.05) is 84.9 Å². The largest absolute Gasteiger partial charge is 0.508 e. The summed E-state index contributed by atoms with van der Waals surface area (Å²) in [5.41, 5.74) is 23.0. The van der Waals surface area contributed by atoms with Crippen LogP contribution in [0, 0.1) is 92.9 Å². The van der Waals surface area contributed by atoms with Crippen LogP contribution in [0.25, 0.3) is 84.9 Å². The number of benzene rings is 12. The monoisotopic (exact) mass is 1810 g/mol. The molecule has 4 aromatic heterocycles. The number of fused-ring (bicyclic) bond motifs is 4. The molecule has 131 heavy (non-hydrogen) atoms. The van der Waals surface area contributed by atoms with Gasteiger partial charge in [-0.2, -0.15) is 0 Å². The lowest BCUT2D eigenvalue weighted by Gasteiger charge is -2.11. The van der Waals surface area contributed by atoms with E-state index in [2.05, 4.69) is 0 Å². The van der Waals surface area contributed by atoms with Gasteiger partial charge in [-0.3, -0.25) is 38.4 Å². The lowest BCUT2D eigenvalue weighted by atomic mass is 9.92. The maximum Gasteiger partial charge on any atom is 0.307 e. The van der Waals surface area contributed by atoms with Gasteiger partial charge in [0.15, 0.2) is 0 Å². The molecule has 20 rings (SSSR count). The fourth-order valence-corrected chi connectivity index (χ4v) is 23.9. The number of carbonyl (C=O) groups is 8. The van der Waals surface area contributed by atoms with E-state index in [4.69, 9.17) is 0 Å². The zero-order chi connectivity index (χ0) is 92.9. The molecule has 658 valence electrons. The van der Waals surface area contributed by atoms with Crippen molar-refractivity contribution >= 4 is 133 Å². The third-order valence-corrected chi connectivity index (χ3v) is 30.3. The minimum atomic E-state index is -0.764. The van der Waals surface area contributed by atoms with E-state index in [0.717, 1.165) is 163 Å². The van der Waals surface area contributed by atoms with Gasteiger partial charge >= 0.3 is 23.9 Å². The molecule has 12 aromatic carbocycles. The summed E-state index contributed by atoms with van der Waals surface area (Å²) in [5, 5.41) is 90.5. The highest BCUT2D eigenvalue weighted by Crippen LogP contribution is 2.54. The summed E-state index contributed by atoms with van der Waals surface area (Å²) in [6.07, 6.45) is 2.67. The Balaban J connectivity index is 0.000000122. The summed E-state index contributed by atoms with van der Waals surface area (Å²) >= 11 is 5.52. The molecule has 17 nitrogen and oxygen atoms in total. The van der Waals surface area contributed by atoms with E-state index >= 15 is 0 Å². The van der Waals surface area contributed by atoms with Crippen molar-refractivity contribution in [1.82, 2.24) is 0 Å². The van der Waals surface area contributed by atoms with Crippen LogP contribution in [-0.4, -0.2) is 93.0 Å². The predicted molar refractivity (Wildman–Crippen MR) is 518 cm³/mol. The molecule has 16 aromatic rings. The van der Waals surface area contributed by atoms with E-state index < -0.39 is 23.9 Å². The van der Waals surface area contributed by atoms with Gasteiger partial charge in [0.05, 0.1) is 43.2 Å². The van der Waals surface area contributed by atoms with Gasteiger partial charge in [-0.25, -0.2) is 0 Å². The first-order valence-electron chi connectivity index (χ1n) is 43.1. The molecule has 8 atom stereocenters. The van der Waals surface area contributed by atoms with E-state index in [9.17, 15) is 84.3 Å². The molecule has 0 amide bonds. The zero-order valence-corrected chi connectivity index (χ0v) is 76.5. The minimum absolute atomic E-state index is 0.0158. The predicted octanol–water partition coefficient (Wildman–Crippen LogP) is 25.6. The number of phenols is 5. The van der Waals surface area contributed by atoms with E-state index in [1.165, 1.54) is 45.3 Å². The van der Waals surface area contributed by atoms with Gasteiger partial charge in [-0.05, 0) is 293 Å². The number of aryl methyl sites for hydroxylation is 10. The molecular weight excluding hydrogens is 1720 g/mol. The number of hydrogen-bond acceptors (Lipinski definition) is 17. The number of carbonyl (C=O) groups excluding carboxylic acids is 4. The number of rotatable bonds is 20. The average molecular weight is 1810 g/mol. The minimum Gasteiger partial charge on any atom is -0.508 e. The summed E-state index contributed by atoms with van der Waals surface area (Å²) in [4.78, 5) is 103. The Morgan fingerprint density at radius 2 is 0.450 bits per heavy atom. The third kappa shape index (κ3) is 17.7. The van der Waals surface area contributed by atoms with Crippen molar-refractivity contribution in [2.75, 3.05) is 0 Å². The topological polar surface area (TPSA) is 319 Å². The molecule has 0 bridgehead atoms. The zero-order valence-electron chi connectivity index (χ0n) is 73.2. The van der Waals surface area contributed by atoms with E-state index in [0.29, 0.717) is 67.4 Å².